The first-order chi connectivity index (χ1) is 12.6. The van der Waals surface area contributed by atoms with Crippen LogP contribution in [0.5, 0.6) is 0 Å². The number of para-hydroxylation sites is 1. The highest BCUT2D eigenvalue weighted by molar-refractivity contribution is 8.00. The van der Waals surface area contributed by atoms with E-state index in [1.807, 2.05) is 30.0 Å². The molecule has 0 saturated carbocycles. The van der Waals surface area contributed by atoms with Gasteiger partial charge < -0.3 is 15.2 Å². The van der Waals surface area contributed by atoms with Gasteiger partial charge in [-0.05, 0) is 44.0 Å². The van der Waals surface area contributed by atoms with E-state index >= 15 is 0 Å². The van der Waals surface area contributed by atoms with Crippen LogP contribution >= 0.6 is 11.8 Å². The summed E-state index contributed by atoms with van der Waals surface area (Å²) in [7, 11) is 0. The molecule has 0 saturated heterocycles. The predicted octanol–water partition coefficient (Wildman–Crippen LogP) is 2.71. The third-order valence-electron chi connectivity index (χ3n) is 4.48. The molecule has 0 unspecified atom stereocenters. The molecular weight excluding hydrogens is 350 g/mol. The topological polar surface area (TPSA) is 90.2 Å². The van der Waals surface area contributed by atoms with Crippen LogP contribution in [0.4, 0.5) is 5.69 Å². The summed E-state index contributed by atoms with van der Waals surface area (Å²) in [5, 5.41) is 8.29. The number of aromatic nitrogens is 3. The van der Waals surface area contributed by atoms with E-state index in [4.69, 9.17) is 10.3 Å². The van der Waals surface area contributed by atoms with Crippen LogP contribution < -0.4 is 10.7 Å². The van der Waals surface area contributed by atoms with E-state index in [1.165, 1.54) is 22.0 Å². The molecule has 2 aromatic heterocycles. The van der Waals surface area contributed by atoms with Crippen LogP contribution in [-0.4, -0.2) is 32.1 Å². The Morgan fingerprint density at radius 3 is 2.88 bits per heavy atom. The van der Waals surface area contributed by atoms with Gasteiger partial charge in [-0.1, -0.05) is 30.0 Å². The first-order valence-corrected chi connectivity index (χ1v) is 9.26. The van der Waals surface area contributed by atoms with E-state index < -0.39 is 0 Å². The number of anilines is 1. The second kappa shape index (κ2) is 6.53. The Kier molecular flexibility index (Phi) is 4.20. The lowest BCUT2D eigenvalue weighted by Crippen LogP contribution is -2.40. The molecule has 1 aliphatic rings. The van der Waals surface area contributed by atoms with Gasteiger partial charge in [-0.3, -0.25) is 4.79 Å². The zero-order valence-electron chi connectivity index (χ0n) is 14.5. The van der Waals surface area contributed by atoms with Crippen molar-refractivity contribution in [3.63, 3.8) is 0 Å². The lowest BCUT2D eigenvalue weighted by atomic mass is 10.1. The summed E-state index contributed by atoms with van der Waals surface area (Å²) < 4.78 is 6.67. The number of nitrogens with two attached hydrogens (primary N) is 1. The second-order valence-electron chi connectivity index (χ2n) is 6.30. The van der Waals surface area contributed by atoms with E-state index in [0.717, 1.165) is 12.1 Å². The number of furan rings is 1. The van der Waals surface area contributed by atoms with Crippen LogP contribution in [0, 0.1) is 0 Å². The molecule has 0 bridgehead atoms. The van der Waals surface area contributed by atoms with Gasteiger partial charge in [0.25, 0.3) is 0 Å². The normalized spacial score (nSPS) is 17.3. The Morgan fingerprint density at radius 1 is 1.31 bits per heavy atom. The monoisotopic (exact) mass is 369 g/mol. The highest BCUT2D eigenvalue weighted by Gasteiger charge is 2.34. The maximum absolute atomic E-state index is 13.1. The van der Waals surface area contributed by atoms with Crippen molar-refractivity contribution in [2.45, 2.75) is 36.7 Å². The van der Waals surface area contributed by atoms with Gasteiger partial charge in [-0.2, -0.15) is 0 Å². The van der Waals surface area contributed by atoms with Gasteiger partial charge in [-0.25, -0.2) is 4.68 Å². The number of nitrogen functional groups attached to an aromatic ring is 1. The molecule has 3 aromatic rings. The molecule has 1 aromatic carbocycles. The number of carbonyl (C=O) groups is 1. The number of fused-ring (bicyclic) bond motifs is 1. The SMILES string of the molecule is C[C@H](Sc1nnc(-c2ccco2)n1N)C(=O)N1c2ccccc2C[C@H]1C. The predicted molar refractivity (Wildman–Crippen MR) is 100 cm³/mol. The van der Waals surface area contributed by atoms with Crippen molar-refractivity contribution in [2.75, 3.05) is 10.7 Å². The van der Waals surface area contributed by atoms with Crippen molar-refractivity contribution in [1.82, 2.24) is 14.9 Å². The summed E-state index contributed by atoms with van der Waals surface area (Å²) >= 11 is 1.29. The molecule has 3 heterocycles. The van der Waals surface area contributed by atoms with Crippen LogP contribution in [0.2, 0.25) is 0 Å². The minimum atomic E-state index is -0.348. The summed E-state index contributed by atoms with van der Waals surface area (Å²) in [6.07, 6.45) is 2.42. The van der Waals surface area contributed by atoms with Crippen LogP contribution in [0.3, 0.4) is 0 Å². The van der Waals surface area contributed by atoms with Gasteiger partial charge in [-0.15, -0.1) is 10.2 Å². The molecule has 7 nitrogen and oxygen atoms in total. The molecule has 4 rings (SSSR count). The fraction of sp³-hybridized carbons (Fsp3) is 0.278. The Balaban J connectivity index is 1.54. The van der Waals surface area contributed by atoms with Crippen molar-refractivity contribution < 1.29 is 9.21 Å². The number of rotatable bonds is 4. The zero-order chi connectivity index (χ0) is 18.3. The Bertz CT molecular complexity index is 937. The molecule has 0 fully saturated rings. The van der Waals surface area contributed by atoms with E-state index in [0.29, 0.717) is 16.7 Å². The van der Waals surface area contributed by atoms with Gasteiger partial charge >= 0.3 is 0 Å². The fourth-order valence-corrected chi connectivity index (χ4v) is 4.06. The molecule has 2 N–H and O–H groups in total. The van der Waals surface area contributed by atoms with Crippen LogP contribution in [0.25, 0.3) is 11.6 Å². The Labute approximate surface area is 155 Å². The Morgan fingerprint density at radius 2 is 2.12 bits per heavy atom. The quantitative estimate of drug-likeness (QED) is 0.562. The van der Waals surface area contributed by atoms with Gasteiger partial charge in [0.05, 0.1) is 11.5 Å². The lowest BCUT2D eigenvalue weighted by molar-refractivity contribution is -0.118. The average molecular weight is 369 g/mol. The summed E-state index contributed by atoms with van der Waals surface area (Å²) in [6.45, 7) is 3.93. The molecule has 8 heteroatoms. The highest BCUT2D eigenvalue weighted by atomic mass is 32.2. The van der Waals surface area contributed by atoms with Crippen LogP contribution in [0.1, 0.15) is 19.4 Å². The number of carbonyl (C=O) groups excluding carboxylic acids is 1. The minimum Gasteiger partial charge on any atom is -0.461 e. The number of amides is 1. The van der Waals surface area contributed by atoms with Gasteiger partial charge in [0.15, 0.2) is 5.76 Å². The van der Waals surface area contributed by atoms with Crippen molar-refractivity contribution >= 4 is 23.4 Å². The minimum absolute atomic E-state index is 0.0370. The van der Waals surface area contributed by atoms with E-state index in [9.17, 15) is 4.79 Å². The lowest BCUT2D eigenvalue weighted by Gasteiger charge is -2.25. The third kappa shape index (κ3) is 2.76. The molecule has 26 heavy (non-hydrogen) atoms. The molecule has 0 spiro atoms. The van der Waals surface area contributed by atoms with Gasteiger partial charge in [0.2, 0.25) is 16.9 Å². The number of thioether (sulfide) groups is 1. The second-order valence-corrected chi connectivity index (χ2v) is 7.61. The molecule has 134 valence electrons. The standard InChI is InChI=1S/C18H19N5O2S/c1-11-10-13-6-3-4-7-14(13)22(11)17(24)12(2)26-18-21-20-16(23(18)19)15-8-5-9-25-15/h3-9,11-12H,10,19H2,1-2H3/t11-,12+/m1/s1. The van der Waals surface area contributed by atoms with Crippen molar-refractivity contribution in [3.8, 4) is 11.6 Å². The number of hydrogen-bond acceptors (Lipinski definition) is 6. The van der Waals surface area contributed by atoms with Gasteiger partial charge in [0, 0.05) is 11.7 Å². The third-order valence-corrected chi connectivity index (χ3v) is 5.53. The summed E-state index contributed by atoms with van der Waals surface area (Å²) in [5.74, 6) is 7.09. The Hall–Kier alpha value is -2.74. The summed E-state index contributed by atoms with van der Waals surface area (Å²) in [4.78, 5) is 14.9. The summed E-state index contributed by atoms with van der Waals surface area (Å²) in [5.41, 5.74) is 2.19. The largest absolute Gasteiger partial charge is 0.461 e. The number of benzene rings is 1. The molecular formula is C18H19N5O2S. The van der Waals surface area contributed by atoms with Crippen molar-refractivity contribution in [3.05, 3.63) is 48.2 Å². The molecule has 0 radical (unpaired) electrons. The van der Waals surface area contributed by atoms with E-state index in [2.05, 4.69) is 23.2 Å². The maximum atomic E-state index is 13.1. The van der Waals surface area contributed by atoms with Crippen molar-refractivity contribution in [2.24, 2.45) is 0 Å². The first kappa shape index (κ1) is 16.7. The van der Waals surface area contributed by atoms with Crippen molar-refractivity contribution in [1.29, 1.82) is 0 Å². The molecule has 2 atom stereocenters. The van der Waals surface area contributed by atoms with Gasteiger partial charge in [0.1, 0.15) is 0 Å². The fourth-order valence-electron chi connectivity index (χ4n) is 3.24. The van der Waals surface area contributed by atoms with Crippen LogP contribution in [0.15, 0.2) is 52.2 Å². The molecule has 1 aliphatic heterocycles. The number of hydrogen-bond donors (Lipinski definition) is 1. The zero-order valence-corrected chi connectivity index (χ0v) is 15.3. The van der Waals surface area contributed by atoms with E-state index in [-0.39, 0.29) is 17.2 Å². The molecule has 0 aliphatic carbocycles. The summed E-state index contributed by atoms with van der Waals surface area (Å²) in [6, 6.07) is 11.7. The van der Waals surface area contributed by atoms with E-state index in [1.54, 1.807) is 18.4 Å². The number of nitrogens with zero attached hydrogens (tertiary/aromatic N) is 4. The molecule has 1 amide bonds. The maximum Gasteiger partial charge on any atom is 0.240 e. The van der Waals surface area contributed by atoms with Crippen LogP contribution in [-0.2, 0) is 11.2 Å². The average Bonchev–Trinajstić information content (AvgIpc) is 3.33. The smallest absolute Gasteiger partial charge is 0.240 e. The first-order valence-electron chi connectivity index (χ1n) is 8.38. The highest BCUT2D eigenvalue weighted by Crippen LogP contribution is 2.34.